The van der Waals surface area contributed by atoms with E-state index in [1.54, 1.807) is 0 Å². The van der Waals surface area contributed by atoms with Gasteiger partial charge in [0, 0.05) is 38.2 Å². The van der Waals surface area contributed by atoms with Gasteiger partial charge in [-0.1, -0.05) is 127 Å². The lowest BCUT2D eigenvalue weighted by Gasteiger charge is -2.12. The average molecular weight is 613 g/mol. The van der Waals surface area contributed by atoms with Crippen LogP contribution in [0.15, 0.2) is 170 Å². The van der Waals surface area contributed by atoms with E-state index in [0.717, 1.165) is 38.9 Å². The molecule has 0 N–H and O–H groups in total. The highest BCUT2D eigenvalue weighted by atomic mass is 15.2. The molecule has 7 aromatic carbocycles. The van der Waals surface area contributed by atoms with Gasteiger partial charge in [-0.25, -0.2) is 9.97 Å². The third-order valence-electron chi connectivity index (χ3n) is 9.52. The molecular weight excluding hydrogens is 585 g/mol. The molecule has 10 rings (SSSR count). The van der Waals surface area contributed by atoms with Crippen LogP contribution in [0.3, 0.4) is 0 Å². The maximum atomic E-state index is 5.29. The molecule has 0 atom stereocenters. The molecule has 48 heavy (non-hydrogen) atoms. The monoisotopic (exact) mass is 612 g/mol. The lowest BCUT2D eigenvalue weighted by molar-refractivity contribution is 1.01. The van der Waals surface area contributed by atoms with Gasteiger partial charge in [0.2, 0.25) is 5.95 Å². The number of para-hydroxylation sites is 3. The Hall–Kier alpha value is -6.52. The lowest BCUT2D eigenvalue weighted by atomic mass is 10.0. The molecule has 0 aliphatic carbocycles. The van der Waals surface area contributed by atoms with Crippen molar-refractivity contribution in [3.05, 3.63) is 170 Å². The second-order valence-electron chi connectivity index (χ2n) is 12.2. The highest BCUT2D eigenvalue weighted by Crippen LogP contribution is 2.42. The zero-order valence-electron chi connectivity index (χ0n) is 26.0. The minimum atomic E-state index is 0.664. The molecule has 0 saturated heterocycles. The number of nitrogens with zero attached hydrogens (tertiary/aromatic N) is 4. The van der Waals surface area contributed by atoms with Gasteiger partial charge in [-0.2, -0.15) is 0 Å². The highest BCUT2D eigenvalue weighted by Gasteiger charge is 2.22. The fourth-order valence-electron chi connectivity index (χ4n) is 7.45. The molecule has 10 aromatic rings. The average Bonchev–Trinajstić information content (AvgIpc) is 3.68. The van der Waals surface area contributed by atoms with E-state index in [4.69, 9.17) is 9.97 Å². The SMILES string of the molecule is c1ccc(-c2cccc(-n3c4ccccc4c4c5c6ccccc6n(-c6nc(-c7ccccc7)c7ccccc7n6)c5ccc43)c2)cc1. The van der Waals surface area contributed by atoms with Crippen LogP contribution in [0.4, 0.5) is 0 Å². The second kappa shape index (κ2) is 10.5. The van der Waals surface area contributed by atoms with Gasteiger partial charge in [-0.15, -0.1) is 0 Å². The van der Waals surface area contributed by atoms with E-state index >= 15 is 0 Å². The van der Waals surface area contributed by atoms with Crippen LogP contribution in [0.5, 0.6) is 0 Å². The van der Waals surface area contributed by atoms with E-state index in [0.29, 0.717) is 5.95 Å². The molecule has 0 fully saturated rings. The fourth-order valence-corrected chi connectivity index (χ4v) is 7.45. The number of rotatable bonds is 4. The Morgan fingerprint density at radius 2 is 0.896 bits per heavy atom. The quantitative estimate of drug-likeness (QED) is 0.198. The summed E-state index contributed by atoms with van der Waals surface area (Å²) >= 11 is 0. The summed E-state index contributed by atoms with van der Waals surface area (Å²) in [5.74, 6) is 0.664. The van der Waals surface area contributed by atoms with Crippen LogP contribution in [-0.4, -0.2) is 19.1 Å². The van der Waals surface area contributed by atoms with Gasteiger partial charge < -0.3 is 4.57 Å². The lowest BCUT2D eigenvalue weighted by Crippen LogP contribution is -2.03. The third-order valence-corrected chi connectivity index (χ3v) is 9.52. The standard InChI is InChI=1S/C44H28N4/c1-3-14-29(15-4-1)31-18-13-19-32(28-31)47-37-24-11-8-21-34(37)41-39(47)26-27-40-42(41)35-22-9-12-25-38(35)48(40)44-45-36-23-10-7-20-33(36)43(46-44)30-16-5-2-6-17-30/h1-28H. The first-order valence-electron chi connectivity index (χ1n) is 16.3. The smallest absolute Gasteiger partial charge is 0.235 e. The molecule has 0 radical (unpaired) electrons. The summed E-state index contributed by atoms with van der Waals surface area (Å²) < 4.78 is 4.65. The molecule has 0 aliphatic rings. The van der Waals surface area contributed by atoms with Crippen molar-refractivity contribution >= 4 is 54.5 Å². The van der Waals surface area contributed by atoms with Crippen molar-refractivity contribution in [3.8, 4) is 34.0 Å². The maximum absolute atomic E-state index is 5.29. The third kappa shape index (κ3) is 3.96. The Balaban J connectivity index is 1.30. The van der Waals surface area contributed by atoms with Crippen LogP contribution in [0.1, 0.15) is 0 Å². The van der Waals surface area contributed by atoms with E-state index in [9.17, 15) is 0 Å². The Bertz CT molecular complexity index is 2830. The van der Waals surface area contributed by atoms with Crippen LogP contribution < -0.4 is 0 Å². The Kier molecular flexibility index (Phi) is 5.84. The zero-order chi connectivity index (χ0) is 31.6. The Labute approximate surface area is 276 Å². The van der Waals surface area contributed by atoms with E-state index < -0.39 is 0 Å². The van der Waals surface area contributed by atoms with Crippen molar-refractivity contribution < 1.29 is 0 Å². The van der Waals surface area contributed by atoms with Gasteiger partial charge in [0.25, 0.3) is 0 Å². The number of benzene rings is 7. The van der Waals surface area contributed by atoms with Crippen molar-refractivity contribution in [2.75, 3.05) is 0 Å². The van der Waals surface area contributed by atoms with Gasteiger partial charge in [-0.3, -0.25) is 4.57 Å². The molecule has 3 aromatic heterocycles. The van der Waals surface area contributed by atoms with E-state index in [-0.39, 0.29) is 0 Å². The molecule has 4 nitrogen and oxygen atoms in total. The number of aromatic nitrogens is 4. The molecular formula is C44H28N4. The molecule has 3 heterocycles. The molecule has 0 unspecified atom stereocenters. The first-order valence-corrected chi connectivity index (χ1v) is 16.3. The summed E-state index contributed by atoms with van der Waals surface area (Å²) in [4.78, 5) is 10.5. The van der Waals surface area contributed by atoms with Crippen LogP contribution in [0.2, 0.25) is 0 Å². The normalized spacial score (nSPS) is 11.8. The van der Waals surface area contributed by atoms with Crippen molar-refractivity contribution in [1.29, 1.82) is 0 Å². The minimum Gasteiger partial charge on any atom is -0.309 e. The van der Waals surface area contributed by atoms with E-state index in [2.05, 4.69) is 167 Å². The summed E-state index contributed by atoms with van der Waals surface area (Å²) in [7, 11) is 0. The number of hydrogen-bond acceptors (Lipinski definition) is 2. The van der Waals surface area contributed by atoms with E-state index in [1.807, 2.05) is 12.1 Å². The van der Waals surface area contributed by atoms with Gasteiger partial charge in [0.05, 0.1) is 33.3 Å². The predicted molar refractivity (Wildman–Crippen MR) is 199 cm³/mol. The molecule has 0 spiro atoms. The molecule has 0 bridgehead atoms. The van der Waals surface area contributed by atoms with Gasteiger partial charge in [0.15, 0.2) is 0 Å². The van der Waals surface area contributed by atoms with Crippen molar-refractivity contribution in [1.82, 2.24) is 19.1 Å². The molecule has 224 valence electrons. The van der Waals surface area contributed by atoms with E-state index in [1.165, 1.54) is 43.7 Å². The largest absolute Gasteiger partial charge is 0.309 e. The Morgan fingerprint density at radius 1 is 0.354 bits per heavy atom. The first-order chi connectivity index (χ1) is 23.8. The first kappa shape index (κ1) is 26.7. The van der Waals surface area contributed by atoms with Crippen LogP contribution in [0.25, 0.3) is 88.5 Å². The summed E-state index contributed by atoms with van der Waals surface area (Å²) in [6.45, 7) is 0. The molecule has 4 heteroatoms. The maximum Gasteiger partial charge on any atom is 0.235 e. The topological polar surface area (TPSA) is 35.6 Å². The predicted octanol–water partition coefficient (Wildman–Crippen LogP) is 11.2. The molecule has 0 saturated carbocycles. The highest BCUT2D eigenvalue weighted by molar-refractivity contribution is 6.28. The second-order valence-corrected chi connectivity index (χ2v) is 12.2. The van der Waals surface area contributed by atoms with Crippen LogP contribution in [-0.2, 0) is 0 Å². The summed E-state index contributed by atoms with van der Waals surface area (Å²) in [5.41, 5.74) is 11.0. The van der Waals surface area contributed by atoms with Gasteiger partial charge in [-0.05, 0) is 53.6 Å². The zero-order valence-corrected chi connectivity index (χ0v) is 26.0. The molecule has 0 aliphatic heterocycles. The number of fused-ring (bicyclic) bond motifs is 8. The summed E-state index contributed by atoms with van der Waals surface area (Å²) in [5, 5.41) is 5.87. The van der Waals surface area contributed by atoms with Crippen molar-refractivity contribution in [2.24, 2.45) is 0 Å². The fraction of sp³-hybridized carbons (Fsp3) is 0. The van der Waals surface area contributed by atoms with Crippen LogP contribution in [0, 0.1) is 0 Å². The van der Waals surface area contributed by atoms with Gasteiger partial charge >= 0.3 is 0 Å². The van der Waals surface area contributed by atoms with Crippen molar-refractivity contribution in [3.63, 3.8) is 0 Å². The van der Waals surface area contributed by atoms with Crippen LogP contribution >= 0.6 is 0 Å². The molecule has 0 amide bonds. The van der Waals surface area contributed by atoms with Gasteiger partial charge in [0.1, 0.15) is 0 Å². The minimum absolute atomic E-state index is 0.664. The summed E-state index contributed by atoms with van der Waals surface area (Å²) in [6, 6.07) is 60.1. The summed E-state index contributed by atoms with van der Waals surface area (Å²) in [6.07, 6.45) is 0. The number of hydrogen-bond donors (Lipinski definition) is 0. The van der Waals surface area contributed by atoms with Crippen molar-refractivity contribution in [2.45, 2.75) is 0 Å². The Morgan fingerprint density at radius 3 is 1.60 bits per heavy atom.